The van der Waals surface area contributed by atoms with Crippen LogP contribution >= 0.6 is 0 Å². The van der Waals surface area contributed by atoms with Crippen molar-refractivity contribution in [3.8, 4) is 0 Å². The normalized spacial score (nSPS) is 13.6. The fourth-order valence-electron chi connectivity index (χ4n) is 2.72. The number of hydrogen-bond donors (Lipinski definition) is 1. The average molecular weight is 329 g/mol. The monoisotopic (exact) mass is 329 g/mol. The minimum absolute atomic E-state index is 0.0345. The van der Waals surface area contributed by atoms with Gasteiger partial charge < -0.3 is 10.2 Å². The van der Waals surface area contributed by atoms with Crippen molar-refractivity contribution in [3.05, 3.63) is 42.5 Å². The van der Waals surface area contributed by atoms with Gasteiger partial charge in [-0.25, -0.2) is 9.67 Å². The molecule has 1 heterocycles. The van der Waals surface area contributed by atoms with Crippen LogP contribution in [0, 0.1) is 0 Å². The molecule has 0 radical (unpaired) electrons. The van der Waals surface area contributed by atoms with Gasteiger partial charge in [0.1, 0.15) is 12.7 Å². The number of anilines is 1. The van der Waals surface area contributed by atoms with E-state index in [4.69, 9.17) is 0 Å². The van der Waals surface area contributed by atoms with Crippen LogP contribution in [-0.2, 0) is 0 Å². The second-order valence-corrected chi connectivity index (χ2v) is 6.30. The Morgan fingerprint density at radius 3 is 2.38 bits per heavy atom. The van der Waals surface area contributed by atoms with E-state index in [9.17, 15) is 4.79 Å². The molecule has 0 spiro atoms. The molecule has 0 saturated carbocycles. The van der Waals surface area contributed by atoms with Crippen molar-refractivity contribution in [2.24, 2.45) is 0 Å². The van der Waals surface area contributed by atoms with Crippen LogP contribution in [0.4, 0.5) is 5.69 Å². The molecule has 1 aromatic heterocycles. The van der Waals surface area contributed by atoms with E-state index in [-0.39, 0.29) is 18.0 Å². The zero-order valence-corrected chi connectivity index (χ0v) is 15.1. The lowest BCUT2D eigenvalue weighted by Gasteiger charge is -2.27. The first-order valence-corrected chi connectivity index (χ1v) is 8.45. The van der Waals surface area contributed by atoms with Crippen molar-refractivity contribution < 1.29 is 4.79 Å². The number of amides is 1. The Bertz CT molecular complexity index is 636. The van der Waals surface area contributed by atoms with E-state index >= 15 is 0 Å². The first-order valence-electron chi connectivity index (χ1n) is 8.45. The number of carbonyl (C=O) groups excluding carboxylic acids is 1. The predicted octanol–water partition coefficient (Wildman–Crippen LogP) is 2.89. The van der Waals surface area contributed by atoms with Crippen LogP contribution in [0.1, 0.15) is 51.0 Å². The van der Waals surface area contributed by atoms with Crippen LogP contribution < -0.4 is 10.2 Å². The van der Waals surface area contributed by atoms with Gasteiger partial charge in [0, 0.05) is 29.9 Å². The van der Waals surface area contributed by atoms with Gasteiger partial charge in [-0.05, 0) is 58.9 Å². The largest absolute Gasteiger partial charge is 0.369 e. The van der Waals surface area contributed by atoms with Gasteiger partial charge in [0.05, 0.1) is 6.04 Å². The molecule has 2 rings (SSSR count). The Labute approximate surface area is 143 Å². The molecule has 6 heteroatoms. The van der Waals surface area contributed by atoms with E-state index < -0.39 is 0 Å². The summed E-state index contributed by atoms with van der Waals surface area (Å²) in [6.45, 7) is 11.4. The second-order valence-electron chi connectivity index (χ2n) is 6.30. The minimum atomic E-state index is -0.0754. The third-order valence-corrected chi connectivity index (χ3v) is 4.36. The Morgan fingerprint density at radius 1 is 1.21 bits per heavy atom. The molecule has 0 aliphatic carbocycles. The van der Waals surface area contributed by atoms with Crippen molar-refractivity contribution in [2.75, 3.05) is 11.4 Å². The molecule has 0 saturated heterocycles. The fourth-order valence-corrected chi connectivity index (χ4v) is 2.72. The van der Waals surface area contributed by atoms with E-state index in [1.165, 1.54) is 6.33 Å². The summed E-state index contributed by atoms with van der Waals surface area (Å²) in [4.78, 5) is 18.7. The van der Waals surface area contributed by atoms with Gasteiger partial charge in [-0.3, -0.25) is 4.79 Å². The van der Waals surface area contributed by atoms with Crippen LogP contribution in [0.2, 0.25) is 0 Å². The van der Waals surface area contributed by atoms with E-state index in [0.29, 0.717) is 11.6 Å². The molecule has 2 aromatic rings. The van der Waals surface area contributed by atoms with E-state index in [2.05, 4.69) is 41.1 Å². The summed E-state index contributed by atoms with van der Waals surface area (Å²) in [5.74, 6) is -0.0754. The smallest absolute Gasteiger partial charge is 0.251 e. The van der Waals surface area contributed by atoms with Crippen molar-refractivity contribution in [3.63, 3.8) is 0 Å². The van der Waals surface area contributed by atoms with E-state index in [1.54, 1.807) is 11.0 Å². The molecule has 1 amide bonds. The maximum atomic E-state index is 12.4. The molecule has 24 heavy (non-hydrogen) atoms. The van der Waals surface area contributed by atoms with Crippen LogP contribution in [0.25, 0.3) is 0 Å². The van der Waals surface area contributed by atoms with Crippen molar-refractivity contribution in [1.82, 2.24) is 20.1 Å². The topological polar surface area (TPSA) is 63.1 Å². The Kier molecular flexibility index (Phi) is 5.95. The first-order chi connectivity index (χ1) is 11.4. The lowest BCUT2D eigenvalue weighted by Crippen LogP contribution is -2.38. The summed E-state index contributed by atoms with van der Waals surface area (Å²) in [6, 6.07) is 8.17. The third kappa shape index (κ3) is 4.13. The third-order valence-electron chi connectivity index (χ3n) is 4.36. The number of carbonyl (C=O) groups is 1. The van der Waals surface area contributed by atoms with E-state index in [1.807, 2.05) is 38.1 Å². The molecule has 130 valence electrons. The number of aromatic nitrogens is 3. The number of rotatable bonds is 7. The molecule has 0 bridgehead atoms. The average Bonchev–Trinajstić information content (AvgIpc) is 3.09. The highest BCUT2D eigenvalue weighted by molar-refractivity contribution is 5.94. The summed E-state index contributed by atoms with van der Waals surface area (Å²) in [7, 11) is 0. The molecular weight excluding hydrogens is 302 g/mol. The van der Waals surface area contributed by atoms with E-state index in [0.717, 1.165) is 12.2 Å². The van der Waals surface area contributed by atoms with Crippen LogP contribution in [0.5, 0.6) is 0 Å². The SMILES string of the molecule is CCN(c1ccc(C(=O)NC(C)C(C)n2cncn2)cc1)C(C)C. The first kappa shape index (κ1) is 18.0. The maximum absolute atomic E-state index is 12.4. The van der Waals surface area contributed by atoms with Crippen molar-refractivity contribution in [2.45, 2.75) is 52.7 Å². The summed E-state index contributed by atoms with van der Waals surface area (Å²) in [5, 5.41) is 7.15. The fraction of sp³-hybridized carbons (Fsp3) is 0.500. The van der Waals surface area contributed by atoms with Gasteiger partial charge in [-0.15, -0.1) is 0 Å². The summed E-state index contributed by atoms with van der Waals surface area (Å²) in [6.07, 6.45) is 3.16. The van der Waals surface area contributed by atoms with Crippen molar-refractivity contribution in [1.29, 1.82) is 0 Å². The van der Waals surface area contributed by atoms with Crippen molar-refractivity contribution >= 4 is 11.6 Å². The Hall–Kier alpha value is -2.37. The molecule has 0 aliphatic heterocycles. The lowest BCUT2D eigenvalue weighted by molar-refractivity contribution is 0.0928. The quantitative estimate of drug-likeness (QED) is 0.848. The van der Waals surface area contributed by atoms with Gasteiger partial charge in [-0.1, -0.05) is 0 Å². The number of nitrogens with zero attached hydrogens (tertiary/aromatic N) is 4. The molecule has 6 nitrogen and oxygen atoms in total. The second kappa shape index (κ2) is 7.95. The molecule has 2 atom stereocenters. The van der Waals surface area contributed by atoms with Gasteiger partial charge in [0.25, 0.3) is 5.91 Å². The lowest BCUT2D eigenvalue weighted by atomic mass is 10.1. The summed E-state index contributed by atoms with van der Waals surface area (Å²) in [5.41, 5.74) is 1.80. The number of nitrogens with one attached hydrogen (secondary N) is 1. The van der Waals surface area contributed by atoms with Gasteiger partial charge in [0.2, 0.25) is 0 Å². The summed E-state index contributed by atoms with van der Waals surface area (Å²) >= 11 is 0. The molecule has 2 unspecified atom stereocenters. The number of benzene rings is 1. The Balaban J connectivity index is 2.02. The maximum Gasteiger partial charge on any atom is 0.251 e. The molecule has 1 N–H and O–H groups in total. The number of hydrogen-bond acceptors (Lipinski definition) is 4. The van der Waals surface area contributed by atoms with Crippen LogP contribution in [0.15, 0.2) is 36.9 Å². The molecule has 0 fully saturated rings. The standard InChI is InChI=1S/C18H27N5O/c1-6-22(13(2)3)17-9-7-16(8-10-17)18(24)21-14(4)15(5)23-12-19-11-20-23/h7-15H,6H2,1-5H3,(H,21,24). The van der Waals surface area contributed by atoms with Crippen LogP contribution in [-0.4, -0.2) is 39.3 Å². The Morgan fingerprint density at radius 2 is 1.88 bits per heavy atom. The van der Waals surface area contributed by atoms with Gasteiger partial charge in [0.15, 0.2) is 0 Å². The highest BCUT2D eigenvalue weighted by atomic mass is 16.1. The zero-order valence-electron chi connectivity index (χ0n) is 15.1. The van der Waals surface area contributed by atoms with Gasteiger partial charge in [-0.2, -0.15) is 5.10 Å². The predicted molar refractivity (Wildman–Crippen MR) is 96.3 cm³/mol. The summed E-state index contributed by atoms with van der Waals surface area (Å²) < 4.78 is 1.75. The highest BCUT2D eigenvalue weighted by Crippen LogP contribution is 2.18. The minimum Gasteiger partial charge on any atom is -0.369 e. The molecular formula is C18H27N5O. The molecule has 0 aliphatic rings. The van der Waals surface area contributed by atoms with Gasteiger partial charge >= 0.3 is 0 Å². The molecule has 1 aromatic carbocycles. The zero-order chi connectivity index (χ0) is 17.7. The highest BCUT2D eigenvalue weighted by Gasteiger charge is 2.18. The van der Waals surface area contributed by atoms with Crippen LogP contribution in [0.3, 0.4) is 0 Å².